The standard InChI is InChI=1S/C21H19F3N2O4/c1-13(20(29)26-18-9-7-17(8-10-18)25-14(2)27)30-19(28)11-6-15-4-3-5-16(12-15)21(22,23)24/h3-13H,1-2H3,(H,25,27)(H,26,29). The maximum Gasteiger partial charge on any atom is 0.416 e. The molecule has 2 aromatic rings. The molecule has 1 unspecified atom stereocenters. The third-order valence-electron chi connectivity index (χ3n) is 3.76. The van der Waals surface area contributed by atoms with Gasteiger partial charge in [0.1, 0.15) is 0 Å². The summed E-state index contributed by atoms with van der Waals surface area (Å²) in [5.41, 5.74) is 0.310. The van der Waals surface area contributed by atoms with Crippen LogP contribution in [0.2, 0.25) is 0 Å². The van der Waals surface area contributed by atoms with Gasteiger partial charge in [-0.3, -0.25) is 9.59 Å². The summed E-state index contributed by atoms with van der Waals surface area (Å²) in [4.78, 5) is 35.0. The summed E-state index contributed by atoms with van der Waals surface area (Å²) in [5, 5.41) is 5.13. The largest absolute Gasteiger partial charge is 0.449 e. The highest BCUT2D eigenvalue weighted by atomic mass is 19.4. The number of anilines is 2. The van der Waals surface area contributed by atoms with Crippen LogP contribution in [0.4, 0.5) is 24.5 Å². The highest BCUT2D eigenvalue weighted by molar-refractivity contribution is 5.97. The van der Waals surface area contributed by atoms with Crippen molar-refractivity contribution < 1.29 is 32.3 Å². The Hall–Kier alpha value is -3.62. The molecule has 0 aliphatic rings. The smallest absolute Gasteiger partial charge is 0.416 e. The Kier molecular flexibility index (Phi) is 7.35. The predicted molar refractivity (Wildman–Crippen MR) is 105 cm³/mol. The predicted octanol–water partition coefficient (Wildman–Crippen LogP) is 4.25. The van der Waals surface area contributed by atoms with Gasteiger partial charge in [0.15, 0.2) is 6.10 Å². The molecule has 0 heterocycles. The Bertz CT molecular complexity index is 953. The van der Waals surface area contributed by atoms with Crippen molar-refractivity contribution in [3.8, 4) is 0 Å². The number of carbonyl (C=O) groups excluding carboxylic acids is 3. The van der Waals surface area contributed by atoms with Crippen molar-refractivity contribution in [1.82, 2.24) is 0 Å². The van der Waals surface area contributed by atoms with E-state index in [1.165, 1.54) is 32.1 Å². The summed E-state index contributed by atoms with van der Waals surface area (Å²) >= 11 is 0. The van der Waals surface area contributed by atoms with Crippen LogP contribution in [0.25, 0.3) is 6.08 Å². The second-order valence-corrected chi connectivity index (χ2v) is 6.28. The van der Waals surface area contributed by atoms with Gasteiger partial charge in [-0.15, -0.1) is 0 Å². The Labute approximate surface area is 170 Å². The van der Waals surface area contributed by atoms with Gasteiger partial charge in [-0.1, -0.05) is 12.1 Å². The van der Waals surface area contributed by atoms with Crippen LogP contribution in [-0.2, 0) is 25.3 Å². The lowest BCUT2D eigenvalue weighted by Gasteiger charge is -2.13. The van der Waals surface area contributed by atoms with Gasteiger partial charge in [-0.05, 0) is 55.0 Å². The molecule has 2 amide bonds. The van der Waals surface area contributed by atoms with Crippen molar-refractivity contribution in [2.24, 2.45) is 0 Å². The van der Waals surface area contributed by atoms with E-state index in [4.69, 9.17) is 4.74 Å². The monoisotopic (exact) mass is 420 g/mol. The van der Waals surface area contributed by atoms with Crippen LogP contribution in [0.5, 0.6) is 0 Å². The number of amides is 2. The molecule has 1 atom stereocenters. The molecule has 30 heavy (non-hydrogen) atoms. The van der Waals surface area contributed by atoms with Crippen LogP contribution in [0.15, 0.2) is 54.6 Å². The molecule has 6 nitrogen and oxygen atoms in total. The van der Waals surface area contributed by atoms with Gasteiger partial charge < -0.3 is 15.4 Å². The first-order chi connectivity index (χ1) is 14.0. The van der Waals surface area contributed by atoms with Crippen molar-refractivity contribution in [2.75, 3.05) is 10.6 Å². The minimum atomic E-state index is -4.49. The average molecular weight is 420 g/mol. The van der Waals surface area contributed by atoms with E-state index in [-0.39, 0.29) is 11.5 Å². The van der Waals surface area contributed by atoms with Gasteiger partial charge in [0.25, 0.3) is 5.91 Å². The molecule has 158 valence electrons. The molecular weight excluding hydrogens is 401 g/mol. The van der Waals surface area contributed by atoms with Gasteiger partial charge in [-0.25, -0.2) is 4.79 Å². The van der Waals surface area contributed by atoms with E-state index in [1.54, 1.807) is 24.3 Å². The molecule has 0 saturated heterocycles. The SMILES string of the molecule is CC(=O)Nc1ccc(NC(=O)C(C)OC(=O)C=Cc2cccc(C(F)(F)F)c2)cc1. The molecule has 9 heteroatoms. The normalized spacial score (nSPS) is 12.3. The van der Waals surface area contributed by atoms with Crippen LogP contribution in [-0.4, -0.2) is 23.9 Å². The van der Waals surface area contributed by atoms with Crippen molar-refractivity contribution >= 4 is 35.2 Å². The van der Waals surface area contributed by atoms with E-state index in [1.807, 2.05) is 0 Å². The number of alkyl halides is 3. The van der Waals surface area contributed by atoms with E-state index in [9.17, 15) is 27.6 Å². The van der Waals surface area contributed by atoms with E-state index in [0.29, 0.717) is 11.4 Å². The number of ether oxygens (including phenoxy) is 1. The van der Waals surface area contributed by atoms with Gasteiger partial charge in [-0.2, -0.15) is 13.2 Å². The molecule has 0 bridgehead atoms. The zero-order valence-electron chi connectivity index (χ0n) is 16.1. The van der Waals surface area contributed by atoms with Gasteiger partial charge >= 0.3 is 12.1 Å². The third kappa shape index (κ3) is 7.08. The highest BCUT2D eigenvalue weighted by Gasteiger charge is 2.30. The minimum absolute atomic E-state index is 0.165. The number of halogens is 3. The fourth-order valence-corrected chi connectivity index (χ4v) is 2.33. The fourth-order valence-electron chi connectivity index (χ4n) is 2.33. The van der Waals surface area contributed by atoms with Crippen molar-refractivity contribution in [3.05, 3.63) is 65.7 Å². The van der Waals surface area contributed by atoms with E-state index < -0.39 is 29.7 Å². The molecule has 0 aliphatic heterocycles. The van der Waals surface area contributed by atoms with Crippen LogP contribution in [0.3, 0.4) is 0 Å². The molecule has 2 aromatic carbocycles. The first-order valence-corrected chi connectivity index (χ1v) is 8.79. The maximum absolute atomic E-state index is 12.7. The molecule has 0 spiro atoms. The van der Waals surface area contributed by atoms with Crippen LogP contribution >= 0.6 is 0 Å². The number of esters is 1. The van der Waals surface area contributed by atoms with Crippen molar-refractivity contribution in [1.29, 1.82) is 0 Å². The fraction of sp³-hybridized carbons (Fsp3) is 0.190. The van der Waals surface area contributed by atoms with Crippen LogP contribution in [0.1, 0.15) is 25.0 Å². The number of carbonyl (C=O) groups is 3. The molecule has 0 radical (unpaired) electrons. The highest BCUT2D eigenvalue weighted by Crippen LogP contribution is 2.29. The first kappa shape index (κ1) is 22.7. The molecular formula is C21H19F3N2O4. The molecule has 2 N–H and O–H groups in total. The number of nitrogens with one attached hydrogen (secondary N) is 2. The Morgan fingerprint density at radius 3 is 2.17 bits per heavy atom. The first-order valence-electron chi connectivity index (χ1n) is 8.79. The Morgan fingerprint density at radius 2 is 1.60 bits per heavy atom. The topological polar surface area (TPSA) is 84.5 Å². The lowest BCUT2D eigenvalue weighted by atomic mass is 10.1. The Balaban J connectivity index is 1.91. The van der Waals surface area contributed by atoms with Crippen LogP contribution in [0, 0.1) is 0 Å². The molecule has 0 saturated carbocycles. The third-order valence-corrected chi connectivity index (χ3v) is 3.76. The van der Waals surface area contributed by atoms with E-state index >= 15 is 0 Å². The maximum atomic E-state index is 12.7. The number of rotatable bonds is 6. The summed E-state index contributed by atoms with van der Waals surface area (Å²) in [6.07, 6.45) is -3.51. The summed E-state index contributed by atoms with van der Waals surface area (Å²) in [6, 6.07) is 10.7. The molecule has 0 aliphatic carbocycles. The summed E-state index contributed by atoms with van der Waals surface area (Å²) in [6.45, 7) is 2.73. The Morgan fingerprint density at radius 1 is 1.00 bits per heavy atom. The second kappa shape index (κ2) is 9.73. The van der Waals surface area contributed by atoms with E-state index in [2.05, 4.69) is 10.6 Å². The van der Waals surface area contributed by atoms with Crippen molar-refractivity contribution in [3.63, 3.8) is 0 Å². The van der Waals surface area contributed by atoms with Crippen molar-refractivity contribution in [2.45, 2.75) is 26.1 Å². The lowest BCUT2D eigenvalue weighted by molar-refractivity contribution is -0.148. The number of hydrogen-bond donors (Lipinski definition) is 2. The van der Waals surface area contributed by atoms with Gasteiger partial charge in [0.05, 0.1) is 5.56 Å². The molecule has 2 rings (SSSR count). The quantitative estimate of drug-likeness (QED) is 0.541. The zero-order valence-corrected chi connectivity index (χ0v) is 16.1. The lowest BCUT2D eigenvalue weighted by Crippen LogP contribution is -2.29. The number of hydrogen-bond acceptors (Lipinski definition) is 4. The number of benzene rings is 2. The zero-order chi connectivity index (χ0) is 22.3. The summed E-state index contributed by atoms with van der Waals surface area (Å²) in [5.74, 6) is -1.70. The van der Waals surface area contributed by atoms with Gasteiger partial charge in [0, 0.05) is 24.4 Å². The average Bonchev–Trinajstić information content (AvgIpc) is 2.67. The minimum Gasteiger partial charge on any atom is -0.449 e. The second-order valence-electron chi connectivity index (χ2n) is 6.28. The molecule has 0 aromatic heterocycles. The van der Waals surface area contributed by atoms with Gasteiger partial charge in [0.2, 0.25) is 5.91 Å². The van der Waals surface area contributed by atoms with E-state index in [0.717, 1.165) is 18.2 Å². The molecule has 0 fully saturated rings. The van der Waals surface area contributed by atoms with Crippen LogP contribution < -0.4 is 10.6 Å². The summed E-state index contributed by atoms with van der Waals surface area (Å²) in [7, 11) is 0. The summed E-state index contributed by atoms with van der Waals surface area (Å²) < 4.78 is 43.1.